The van der Waals surface area contributed by atoms with E-state index in [2.05, 4.69) is 37.8 Å². The number of aromatic nitrogens is 4. The Morgan fingerprint density at radius 2 is 2.36 bits per heavy atom. The molecule has 0 aliphatic carbocycles. The minimum Gasteiger partial charge on any atom is -0.476 e. The molecule has 6 nitrogen and oxygen atoms in total. The number of nitrogen functional groups attached to an aromatic ring is 1. The van der Waals surface area contributed by atoms with E-state index in [-0.39, 0.29) is 5.95 Å². The summed E-state index contributed by atoms with van der Waals surface area (Å²) in [5, 5.41) is 0. The summed E-state index contributed by atoms with van der Waals surface area (Å²) in [6.45, 7) is 2.41. The van der Waals surface area contributed by atoms with E-state index in [1.54, 1.807) is 9.11 Å². The number of rotatable bonds is 2. The van der Waals surface area contributed by atoms with Crippen molar-refractivity contribution in [1.82, 2.24) is 17.7 Å². The lowest BCUT2D eigenvalue weighted by Gasteiger charge is -2.02. The predicted molar refractivity (Wildman–Crippen MR) is 60.3 cm³/mol. The summed E-state index contributed by atoms with van der Waals surface area (Å²) in [5.74, 6) is 0.629. The van der Waals surface area contributed by atoms with Crippen LogP contribution < -0.4 is 10.5 Å². The molecule has 0 amide bonds. The van der Waals surface area contributed by atoms with Gasteiger partial charge in [-0.15, -0.1) is 0 Å². The highest BCUT2D eigenvalue weighted by atomic mass is 127. The van der Waals surface area contributed by atoms with Crippen molar-refractivity contribution in [3.63, 3.8) is 0 Å². The Labute approximate surface area is 94.0 Å². The maximum atomic E-state index is 5.54. The number of halogens is 1. The van der Waals surface area contributed by atoms with Crippen molar-refractivity contribution in [1.29, 1.82) is 0 Å². The van der Waals surface area contributed by atoms with Gasteiger partial charge in [-0.25, -0.2) is 4.98 Å². The summed E-state index contributed by atoms with van der Waals surface area (Å²) >= 11 is 2.07. The lowest BCUT2D eigenvalue weighted by atomic mass is 10.5. The molecule has 0 bridgehead atoms. The summed E-state index contributed by atoms with van der Waals surface area (Å²) in [4.78, 5) is 12.2. The van der Waals surface area contributed by atoms with E-state index >= 15 is 0 Å². The lowest BCUT2D eigenvalue weighted by Crippen LogP contribution is -2.01. The Bertz CT molecular complexity index is 468. The first kappa shape index (κ1) is 9.44. The van der Waals surface area contributed by atoms with E-state index in [0.29, 0.717) is 23.7 Å². The molecule has 2 aromatic rings. The number of hydrogen-bond donors (Lipinski definition) is 1. The normalized spacial score (nSPS) is 10.7. The van der Waals surface area contributed by atoms with Gasteiger partial charge in [0.15, 0.2) is 11.2 Å². The molecule has 0 aliphatic rings. The SMILES string of the molecule is CCOc1nc(N)nc2c1ncn2I. The smallest absolute Gasteiger partial charge is 0.247 e. The largest absolute Gasteiger partial charge is 0.476 e. The fourth-order valence-electron chi connectivity index (χ4n) is 1.10. The van der Waals surface area contributed by atoms with Gasteiger partial charge in [0.2, 0.25) is 11.8 Å². The van der Waals surface area contributed by atoms with Crippen LogP contribution in [0.3, 0.4) is 0 Å². The van der Waals surface area contributed by atoms with Crippen LogP contribution in [0.1, 0.15) is 6.92 Å². The number of nitrogens with zero attached hydrogens (tertiary/aromatic N) is 4. The van der Waals surface area contributed by atoms with E-state index in [0.717, 1.165) is 0 Å². The fourth-order valence-corrected chi connectivity index (χ4v) is 1.56. The number of ether oxygens (including phenoxy) is 1. The summed E-state index contributed by atoms with van der Waals surface area (Å²) in [6, 6.07) is 0. The van der Waals surface area contributed by atoms with E-state index < -0.39 is 0 Å². The second-order valence-corrected chi connectivity index (χ2v) is 3.59. The van der Waals surface area contributed by atoms with Gasteiger partial charge in [-0.2, -0.15) is 9.97 Å². The van der Waals surface area contributed by atoms with Crippen LogP contribution in [0, 0.1) is 0 Å². The maximum Gasteiger partial charge on any atom is 0.247 e. The van der Waals surface area contributed by atoms with Gasteiger partial charge < -0.3 is 10.5 Å². The zero-order valence-corrected chi connectivity index (χ0v) is 9.59. The highest BCUT2D eigenvalue weighted by Crippen LogP contribution is 2.22. The molecule has 0 aliphatic heterocycles. The molecule has 0 atom stereocenters. The van der Waals surface area contributed by atoms with Gasteiger partial charge in [-0.3, -0.25) is 2.78 Å². The third kappa shape index (κ3) is 1.47. The molecule has 0 radical (unpaired) electrons. The molecule has 2 N–H and O–H groups in total. The Hall–Kier alpha value is -1.12. The average molecular weight is 305 g/mol. The van der Waals surface area contributed by atoms with Crippen LogP contribution in [0.4, 0.5) is 5.95 Å². The molecule has 2 aromatic heterocycles. The van der Waals surface area contributed by atoms with Gasteiger partial charge in [-0.1, -0.05) is 0 Å². The van der Waals surface area contributed by atoms with Crippen molar-refractivity contribution >= 4 is 40.0 Å². The Morgan fingerprint density at radius 1 is 1.57 bits per heavy atom. The van der Waals surface area contributed by atoms with Crippen LogP contribution in [0.5, 0.6) is 5.88 Å². The van der Waals surface area contributed by atoms with Crippen molar-refractivity contribution in [2.24, 2.45) is 0 Å². The predicted octanol–water partition coefficient (Wildman–Crippen LogP) is 1.01. The topological polar surface area (TPSA) is 78.8 Å². The van der Waals surface area contributed by atoms with Crippen LogP contribution in [-0.2, 0) is 0 Å². The van der Waals surface area contributed by atoms with Crippen LogP contribution in [0.15, 0.2) is 6.33 Å². The van der Waals surface area contributed by atoms with Gasteiger partial charge in [0.25, 0.3) is 0 Å². The van der Waals surface area contributed by atoms with Crippen molar-refractivity contribution < 1.29 is 4.74 Å². The fraction of sp³-hybridized carbons (Fsp3) is 0.286. The highest BCUT2D eigenvalue weighted by Gasteiger charge is 2.11. The molecule has 0 fully saturated rings. The molecule has 0 saturated carbocycles. The van der Waals surface area contributed by atoms with Crippen molar-refractivity contribution in [3.05, 3.63) is 6.33 Å². The van der Waals surface area contributed by atoms with Crippen molar-refractivity contribution in [2.45, 2.75) is 6.92 Å². The molecule has 0 spiro atoms. The minimum absolute atomic E-state index is 0.194. The number of hydrogen-bond acceptors (Lipinski definition) is 5. The second kappa shape index (κ2) is 3.56. The van der Waals surface area contributed by atoms with Gasteiger partial charge >= 0.3 is 0 Å². The number of fused-ring (bicyclic) bond motifs is 1. The lowest BCUT2D eigenvalue weighted by molar-refractivity contribution is 0.331. The number of nitrogens with two attached hydrogens (primary N) is 1. The summed E-state index contributed by atoms with van der Waals surface area (Å²) < 4.78 is 7.05. The van der Waals surface area contributed by atoms with Gasteiger partial charge in [0, 0.05) is 0 Å². The third-order valence-corrected chi connectivity index (χ3v) is 2.33. The molecule has 2 rings (SSSR count). The maximum absolute atomic E-state index is 5.54. The molecular formula is C7H8IN5O. The zero-order chi connectivity index (χ0) is 10.1. The monoisotopic (exact) mass is 305 g/mol. The molecular weight excluding hydrogens is 297 g/mol. The van der Waals surface area contributed by atoms with E-state index in [1.165, 1.54) is 0 Å². The molecule has 14 heavy (non-hydrogen) atoms. The van der Waals surface area contributed by atoms with E-state index in [1.807, 2.05) is 6.92 Å². The second-order valence-electron chi connectivity index (χ2n) is 2.55. The molecule has 0 aromatic carbocycles. The van der Waals surface area contributed by atoms with Crippen LogP contribution in [0.2, 0.25) is 0 Å². The molecule has 0 unspecified atom stereocenters. The van der Waals surface area contributed by atoms with Gasteiger partial charge in [-0.05, 0) is 6.92 Å². The standard InChI is InChI=1S/C7H8IN5O/c1-2-14-6-4-5(11-7(9)12-6)13(8)3-10-4/h3H,2H2,1H3,(H2,9,11,12). The third-order valence-electron chi connectivity index (χ3n) is 1.62. The molecule has 74 valence electrons. The molecule has 7 heteroatoms. The first-order valence-corrected chi connectivity index (χ1v) is 4.98. The average Bonchev–Trinajstić information content (AvgIpc) is 2.49. The first-order valence-electron chi connectivity index (χ1n) is 4.02. The number of imidazole rings is 1. The first-order chi connectivity index (χ1) is 6.72. The molecule has 2 heterocycles. The summed E-state index contributed by atoms with van der Waals surface area (Å²) in [7, 11) is 0. The van der Waals surface area contributed by atoms with Crippen LogP contribution in [-0.4, -0.2) is 24.3 Å². The van der Waals surface area contributed by atoms with Crippen molar-refractivity contribution in [2.75, 3.05) is 12.3 Å². The Kier molecular flexibility index (Phi) is 2.40. The van der Waals surface area contributed by atoms with Crippen molar-refractivity contribution in [3.8, 4) is 5.88 Å². The Balaban J connectivity index is 2.68. The van der Waals surface area contributed by atoms with Gasteiger partial charge in [0.05, 0.1) is 29.5 Å². The Morgan fingerprint density at radius 3 is 3.07 bits per heavy atom. The van der Waals surface area contributed by atoms with Crippen LogP contribution in [0.25, 0.3) is 11.2 Å². The number of anilines is 1. The molecule has 0 saturated heterocycles. The summed E-state index contributed by atoms with van der Waals surface area (Å²) in [6.07, 6.45) is 1.64. The summed E-state index contributed by atoms with van der Waals surface area (Å²) in [5.41, 5.74) is 6.84. The minimum atomic E-state index is 0.194. The zero-order valence-electron chi connectivity index (χ0n) is 7.44. The van der Waals surface area contributed by atoms with E-state index in [9.17, 15) is 0 Å². The van der Waals surface area contributed by atoms with E-state index in [4.69, 9.17) is 10.5 Å². The van der Waals surface area contributed by atoms with Crippen LogP contribution >= 0.6 is 22.9 Å². The highest BCUT2D eigenvalue weighted by molar-refractivity contribution is 14.1. The van der Waals surface area contributed by atoms with Gasteiger partial charge in [0.1, 0.15) is 6.33 Å². The quantitative estimate of drug-likeness (QED) is 0.838.